The van der Waals surface area contributed by atoms with Crippen molar-refractivity contribution < 1.29 is 4.74 Å². The number of aryl methyl sites for hydroxylation is 1. The normalized spacial score (nSPS) is 28.4. The molecular weight excluding hydrogens is 210 g/mol. The third-order valence-corrected chi connectivity index (χ3v) is 4.47. The average molecular weight is 231 g/mol. The Labute approximate surface area is 104 Å². The van der Waals surface area contributed by atoms with E-state index in [0.717, 1.165) is 17.6 Å². The molecule has 3 rings (SSSR count). The van der Waals surface area contributed by atoms with Crippen molar-refractivity contribution in [2.24, 2.45) is 5.92 Å². The standard InChI is InChI=1S/C15H21NO/c1-16-9-8-12(10-16)13-7-6-11-4-3-5-14(17-2)15(11)13/h3-5,12-13H,6-10H2,1-2H3. The van der Waals surface area contributed by atoms with Gasteiger partial charge in [0.15, 0.2) is 0 Å². The molecule has 0 amide bonds. The van der Waals surface area contributed by atoms with Crippen LogP contribution in [0.4, 0.5) is 0 Å². The number of ether oxygens (including phenoxy) is 1. The number of benzene rings is 1. The van der Waals surface area contributed by atoms with Crippen molar-refractivity contribution >= 4 is 0 Å². The molecule has 1 aromatic carbocycles. The van der Waals surface area contributed by atoms with Crippen LogP contribution in [0.1, 0.15) is 29.9 Å². The summed E-state index contributed by atoms with van der Waals surface area (Å²) in [5.74, 6) is 2.67. The van der Waals surface area contributed by atoms with Gasteiger partial charge < -0.3 is 9.64 Å². The summed E-state index contributed by atoms with van der Waals surface area (Å²) in [5, 5.41) is 0. The Morgan fingerprint density at radius 3 is 2.88 bits per heavy atom. The Kier molecular flexibility index (Phi) is 2.83. The van der Waals surface area contributed by atoms with Crippen LogP contribution in [-0.2, 0) is 6.42 Å². The van der Waals surface area contributed by atoms with E-state index in [1.165, 1.54) is 43.5 Å². The van der Waals surface area contributed by atoms with E-state index in [2.05, 4.69) is 30.1 Å². The van der Waals surface area contributed by atoms with E-state index in [1.54, 1.807) is 7.11 Å². The van der Waals surface area contributed by atoms with Gasteiger partial charge in [-0.1, -0.05) is 12.1 Å². The molecule has 1 aliphatic carbocycles. The SMILES string of the molecule is COc1cccc2c1C(C1CCN(C)C1)CC2. The summed E-state index contributed by atoms with van der Waals surface area (Å²) in [6.07, 6.45) is 3.89. The van der Waals surface area contributed by atoms with Crippen molar-refractivity contribution in [3.8, 4) is 5.75 Å². The zero-order valence-electron chi connectivity index (χ0n) is 10.8. The smallest absolute Gasteiger partial charge is 0.122 e. The van der Waals surface area contributed by atoms with Gasteiger partial charge in [-0.15, -0.1) is 0 Å². The van der Waals surface area contributed by atoms with Crippen molar-refractivity contribution in [1.29, 1.82) is 0 Å². The van der Waals surface area contributed by atoms with Crippen LogP contribution >= 0.6 is 0 Å². The second kappa shape index (κ2) is 4.34. The molecule has 1 fully saturated rings. The highest BCUT2D eigenvalue weighted by Crippen LogP contribution is 2.45. The number of methoxy groups -OCH3 is 1. The fourth-order valence-electron chi connectivity index (χ4n) is 3.63. The fraction of sp³-hybridized carbons (Fsp3) is 0.600. The molecule has 2 nitrogen and oxygen atoms in total. The summed E-state index contributed by atoms with van der Waals surface area (Å²) in [6.45, 7) is 2.51. The maximum Gasteiger partial charge on any atom is 0.122 e. The Hall–Kier alpha value is -1.02. The highest BCUT2D eigenvalue weighted by Gasteiger charge is 2.35. The van der Waals surface area contributed by atoms with Crippen LogP contribution in [0.25, 0.3) is 0 Å². The Morgan fingerprint density at radius 1 is 1.29 bits per heavy atom. The highest BCUT2D eigenvalue weighted by molar-refractivity contribution is 5.46. The molecule has 2 aliphatic rings. The maximum atomic E-state index is 5.56. The van der Waals surface area contributed by atoms with Crippen molar-refractivity contribution in [2.75, 3.05) is 27.2 Å². The lowest BCUT2D eigenvalue weighted by atomic mass is 9.86. The number of rotatable bonds is 2. The van der Waals surface area contributed by atoms with Gasteiger partial charge in [-0.05, 0) is 56.3 Å². The minimum atomic E-state index is 0.728. The quantitative estimate of drug-likeness (QED) is 0.776. The molecule has 1 aliphatic heterocycles. The van der Waals surface area contributed by atoms with Crippen LogP contribution in [0.3, 0.4) is 0 Å². The number of hydrogen-bond donors (Lipinski definition) is 0. The van der Waals surface area contributed by atoms with Crippen molar-refractivity contribution in [2.45, 2.75) is 25.2 Å². The van der Waals surface area contributed by atoms with Gasteiger partial charge in [0.2, 0.25) is 0 Å². The van der Waals surface area contributed by atoms with Gasteiger partial charge in [-0.2, -0.15) is 0 Å². The first-order valence-corrected chi connectivity index (χ1v) is 6.64. The third kappa shape index (κ3) is 1.85. The summed E-state index contributed by atoms with van der Waals surface area (Å²) in [7, 11) is 4.03. The summed E-state index contributed by atoms with van der Waals surface area (Å²) < 4.78 is 5.56. The minimum Gasteiger partial charge on any atom is -0.496 e. The topological polar surface area (TPSA) is 12.5 Å². The molecule has 0 N–H and O–H groups in total. The number of likely N-dealkylation sites (tertiary alicyclic amines) is 1. The molecule has 92 valence electrons. The molecule has 0 bridgehead atoms. The number of nitrogens with zero attached hydrogens (tertiary/aromatic N) is 1. The summed E-state index contributed by atoms with van der Waals surface area (Å²) in [5.41, 5.74) is 3.03. The molecule has 0 radical (unpaired) electrons. The van der Waals surface area contributed by atoms with E-state index in [4.69, 9.17) is 4.74 Å². The van der Waals surface area contributed by atoms with Gasteiger partial charge in [-0.3, -0.25) is 0 Å². The fourth-order valence-corrected chi connectivity index (χ4v) is 3.63. The van der Waals surface area contributed by atoms with Gasteiger partial charge in [0.25, 0.3) is 0 Å². The van der Waals surface area contributed by atoms with E-state index in [-0.39, 0.29) is 0 Å². The molecular formula is C15H21NO. The number of fused-ring (bicyclic) bond motifs is 1. The maximum absolute atomic E-state index is 5.56. The van der Waals surface area contributed by atoms with Crippen LogP contribution in [0, 0.1) is 5.92 Å². The second-order valence-electron chi connectivity index (χ2n) is 5.49. The Balaban J connectivity index is 1.92. The average Bonchev–Trinajstić information content (AvgIpc) is 2.94. The lowest BCUT2D eigenvalue weighted by Crippen LogP contribution is -2.17. The molecule has 17 heavy (non-hydrogen) atoms. The molecule has 2 atom stereocenters. The highest BCUT2D eigenvalue weighted by atomic mass is 16.5. The summed E-state index contributed by atoms with van der Waals surface area (Å²) >= 11 is 0. The monoisotopic (exact) mass is 231 g/mol. The van der Waals surface area contributed by atoms with Gasteiger partial charge in [0.1, 0.15) is 5.75 Å². The van der Waals surface area contributed by atoms with Crippen LogP contribution < -0.4 is 4.74 Å². The van der Waals surface area contributed by atoms with Crippen LogP contribution in [0.5, 0.6) is 5.75 Å². The predicted octanol–water partition coefficient (Wildman–Crippen LogP) is 2.68. The van der Waals surface area contributed by atoms with Crippen molar-refractivity contribution in [1.82, 2.24) is 4.90 Å². The molecule has 0 aromatic heterocycles. The van der Waals surface area contributed by atoms with Gasteiger partial charge >= 0.3 is 0 Å². The molecule has 1 heterocycles. The second-order valence-corrected chi connectivity index (χ2v) is 5.49. The first-order chi connectivity index (χ1) is 8.29. The van der Waals surface area contributed by atoms with Crippen molar-refractivity contribution in [3.05, 3.63) is 29.3 Å². The summed E-state index contributed by atoms with van der Waals surface area (Å²) in [6, 6.07) is 6.52. The van der Waals surface area contributed by atoms with E-state index >= 15 is 0 Å². The first kappa shape index (κ1) is 11.1. The Morgan fingerprint density at radius 2 is 2.18 bits per heavy atom. The zero-order valence-corrected chi connectivity index (χ0v) is 10.8. The third-order valence-electron chi connectivity index (χ3n) is 4.47. The van der Waals surface area contributed by atoms with E-state index in [1.807, 2.05) is 0 Å². The van der Waals surface area contributed by atoms with Gasteiger partial charge in [0, 0.05) is 12.1 Å². The van der Waals surface area contributed by atoms with Crippen molar-refractivity contribution in [3.63, 3.8) is 0 Å². The van der Waals surface area contributed by atoms with Crippen LogP contribution in [-0.4, -0.2) is 32.1 Å². The molecule has 2 unspecified atom stereocenters. The van der Waals surface area contributed by atoms with Crippen LogP contribution in [0.2, 0.25) is 0 Å². The minimum absolute atomic E-state index is 0.728. The van der Waals surface area contributed by atoms with Crippen LogP contribution in [0.15, 0.2) is 18.2 Å². The van der Waals surface area contributed by atoms with E-state index in [9.17, 15) is 0 Å². The zero-order chi connectivity index (χ0) is 11.8. The predicted molar refractivity (Wildman–Crippen MR) is 69.7 cm³/mol. The molecule has 0 saturated carbocycles. The first-order valence-electron chi connectivity index (χ1n) is 6.64. The summed E-state index contributed by atoms with van der Waals surface area (Å²) in [4.78, 5) is 2.46. The Bertz CT molecular complexity index is 415. The van der Waals surface area contributed by atoms with Gasteiger partial charge in [0.05, 0.1) is 7.11 Å². The molecule has 2 heteroatoms. The largest absolute Gasteiger partial charge is 0.496 e. The lowest BCUT2D eigenvalue weighted by Gasteiger charge is -2.21. The molecule has 1 saturated heterocycles. The molecule has 1 aromatic rings. The number of hydrogen-bond acceptors (Lipinski definition) is 2. The molecule has 0 spiro atoms. The van der Waals surface area contributed by atoms with E-state index in [0.29, 0.717) is 0 Å². The van der Waals surface area contributed by atoms with E-state index < -0.39 is 0 Å². The lowest BCUT2D eigenvalue weighted by molar-refractivity contribution is 0.358. The van der Waals surface area contributed by atoms with Gasteiger partial charge in [-0.25, -0.2) is 0 Å².